The first kappa shape index (κ1) is 21.5. The van der Waals surface area contributed by atoms with Gasteiger partial charge in [0, 0.05) is 69.0 Å². The molecule has 2 saturated heterocycles. The van der Waals surface area contributed by atoms with E-state index in [1.54, 1.807) is 0 Å². The predicted molar refractivity (Wildman–Crippen MR) is 121 cm³/mol. The zero-order valence-corrected chi connectivity index (χ0v) is 18.5. The highest BCUT2D eigenvalue weighted by atomic mass is 16.3. The van der Waals surface area contributed by atoms with Gasteiger partial charge < -0.3 is 14.6 Å². The van der Waals surface area contributed by atoms with Crippen LogP contribution in [0.25, 0.3) is 5.82 Å². The van der Waals surface area contributed by atoms with E-state index in [9.17, 15) is 5.11 Å². The third kappa shape index (κ3) is 4.94. The highest BCUT2D eigenvalue weighted by Gasteiger charge is 2.34. The zero-order valence-electron chi connectivity index (χ0n) is 18.5. The normalized spacial score (nSPS) is 22.7. The molecule has 164 valence electrons. The van der Waals surface area contributed by atoms with Gasteiger partial charge >= 0.3 is 0 Å². The Hall–Kier alpha value is -1.73. The monoisotopic (exact) mass is 411 g/mol. The Morgan fingerprint density at radius 3 is 2.60 bits per heavy atom. The number of aromatic nitrogens is 2. The molecule has 4 rings (SSSR count). The van der Waals surface area contributed by atoms with Gasteiger partial charge in [-0.1, -0.05) is 6.07 Å². The Morgan fingerprint density at radius 2 is 1.90 bits per heavy atom. The highest BCUT2D eigenvalue weighted by molar-refractivity contribution is 5.27. The number of hydrogen-bond acceptors (Lipinski definition) is 5. The van der Waals surface area contributed by atoms with Crippen LogP contribution in [0.4, 0.5) is 0 Å². The minimum Gasteiger partial charge on any atom is -0.396 e. The average molecular weight is 412 g/mol. The molecule has 0 radical (unpaired) electrons. The molecule has 2 fully saturated rings. The molecule has 0 bridgehead atoms. The number of aliphatic hydroxyl groups excluding tert-OH is 1. The minimum atomic E-state index is 0.268. The fraction of sp³-hybridized carbons (Fsp3) is 0.625. The minimum absolute atomic E-state index is 0.268. The first-order chi connectivity index (χ1) is 14.7. The van der Waals surface area contributed by atoms with E-state index in [0.29, 0.717) is 18.1 Å². The van der Waals surface area contributed by atoms with E-state index in [-0.39, 0.29) is 6.61 Å². The van der Waals surface area contributed by atoms with Gasteiger partial charge in [0.25, 0.3) is 0 Å². The smallest absolute Gasteiger partial charge is 0.136 e. The summed E-state index contributed by atoms with van der Waals surface area (Å²) in [6.07, 6.45) is 7.31. The van der Waals surface area contributed by atoms with Gasteiger partial charge in [-0.05, 0) is 70.5 Å². The fourth-order valence-electron chi connectivity index (χ4n) is 5.19. The maximum absolute atomic E-state index is 9.72. The molecule has 0 amide bonds. The van der Waals surface area contributed by atoms with Crippen molar-refractivity contribution in [1.29, 1.82) is 0 Å². The molecule has 2 aromatic rings. The van der Waals surface area contributed by atoms with Crippen molar-refractivity contribution in [3.05, 3.63) is 48.4 Å². The molecule has 2 aliphatic rings. The van der Waals surface area contributed by atoms with Gasteiger partial charge in [-0.15, -0.1) is 0 Å². The molecule has 0 aliphatic carbocycles. The molecule has 2 aliphatic heterocycles. The summed E-state index contributed by atoms with van der Waals surface area (Å²) in [6, 6.07) is 12.1. The van der Waals surface area contributed by atoms with Crippen LogP contribution >= 0.6 is 0 Å². The lowest BCUT2D eigenvalue weighted by molar-refractivity contribution is -0.000454. The summed E-state index contributed by atoms with van der Waals surface area (Å²) < 4.78 is 2.19. The molecule has 30 heavy (non-hydrogen) atoms. The molecular formula is C24H37N5O. The van der Waals surface area contributed by atoms with Gasteiger partial charge in [-0.3, -0.25) is 9.80 Å². The van der Waals surface area contributed by atoms with Crippen molar-refractivity contribution in [2.75, 3.05) is 39.3 Å². The predicted octanol–water partition coefficient (Wildman–Crippen LogP) is 2.61. The standard InChI is InChI=1S/C24H37N5O/c1-20(2)27-13-8-21(9-14-27)28-16-15-26(19-23(28)10-17-30)18-22-6-5-12-29(22)24-7-3-4-11-25-24/h3-7,11-12,20-21,23,30H,8-10,13-19H2,1-2H3. The molecule has 0 spiro atoms. The Labute approximate surface area is 181 Å². The van der Waals surface area contributed by atoms with E-state index in [0.717, 1.165) is 38.4 Å². The summed E-state index contributed by atoms with van der Waals surface area (Å²) in [5, 5.41) is 9.72. The van der Waals surface area contributed by atoms with Crippen LogP contribution in [0.15, 0.2) is 42.7 Å². The van der Waals surface area contributed by atoms with E-state index in [2.05, 4.69) is 62.5 Å². The van der Waals surface area contributed by atoms with E-state index < -0.39 is 0 Å². The Kier molecular flexibility index (Phi) is 7.20. The highest BCUT2D eigenvalue weighted by Crippen LogP contribution is 2.25. The molecule has 4 heterocycles. The van der Waals surface area contributed by atoms with E-state index in [1.807, 2.05) is 18.3 Å². The first-order valence-electron chi connectivity index (χ1n) is 11.6. The van der Waals surface area contributed by atoms with Crippen molar-refractivity contribution in [3.63, 3.8) is 0 Å². The van der Waals surface area contributed by atoms with Crippen LogP contribution in [-0.4, -0.2) is 86.8 Å². The van der Waals surface area contributed by atoms with Crippen LogP contribution in [0.5, 0.6) is 0 Å². The summed E-state index contributed by atoms with van der Waals surface area (Å²) in [4.78, 5) is 12.4. The maximum atomic E-state index is 9.72. The molecular weight excluding hydrogens is 374 g/mol. The third-order valence-electron chi connectivity index (χ3n) is 6.89. The summed E-state index contributed by atoms with van der Waals surface area (Å²) in [7, 11) is 0. The number of rotatable bonds is 7. The molecule has 6 nitrogen and oxygen atoms in total. The van der Waals surface area contributed by atoms with Crippen molar-refractivity contribution >= 4 is 0 Å². The molecule has 0 saturated carbocycles. The number of piperazine rings is 1. The number of pyridine rings is 1. The van der Waals surface area contributed by atoms with Crippen LogP contribution in [-0.2, 0) is 6.54 Å². The number of hydrogen-bond donors (Lipinski definition) is 1. The molecule has 2 aromatic heterocycles. The summed E-state index contributed by atoms with van der Waals surface area (Å²) in [6.45, 7) is 11.4. The maximum Gasteiger partial charge on any atom is 0.136 e. The Morgan fingerprint density at radius 1 is 1.07 bits per heavy atom. The fourth-order valence-corrected chi connectivity index (χ4v) is 5.19. The quantitative estimate of drug-likeness (QED) is 0.759. The number of piperidine rings is 1. The van der Waals surface area contributed by atoms with Crippen LogP contribution in [0.3, 0.4) is 0 Å². The lowest BCUT2D eigenvalue weighted by atomic mass is 9.97. The lowest BCUT2D eigenvalue weighted by Crippen LogP contribution is -2.58. The number of aliphatic hydroxyl groups is 1. The lowest BCUT2D eigenvalue weighted by Gasteiger charge is -2.48. The van der Waals surface area contributed by atoms with Gasteiger partial charge in [-0.2, -0.15) is 0 Å². The summed E-state index contributed by atoms with van der Waals surface area (Å²) in [5.74, 6) is 0.972. The van der Waals surface area contributed by atoms with Gasteiger partial charge in [0.1, 0.15) is 5.82 Å². The Balaban J connectivity index is 1.39. The van der Waals surface area contributed by atoms with Crippen LogP contribution in [0.2, 0.25) is 0 Å². The second kappa shape index (κ2) is 10.1. The molecule has 0 aromatic carbocycles. The molecule has 1 N–H and O–H groups in total. The van der Waals surface area contributed by atoms with Crippen molar-refractivity contribution in [2.24, 2.45) is 0 Å². The van der Waals surface area contributed by atoms with Gasteiger partial charge in [0.05, 0.1) is 0 Å². The van der Waals surface area contributed by atoms with Crippen molar-refractivity contribution in [2.45, 2.75) is 57.8 Å². The number of nitrogens with zero attached hydrogens (tertiary/aromatic N) is 5. The molecule has 6 heteroatoms. The topological polar surface area (TPSA) is 47.8 Å². The second-order valence-electron chi connectivity index (χ2n) is 9.06. The summed E-state index contributed by atoms with van der Waals surface area (Å²) >= 11 is 0. The first-order valence-corrected chi connectivity index (χ1v) is 11.6. The average Bonchev–Trinajstić information content (AvgIpc) is 3.23. The molecule has 1 unspecified atom stereocenters. The Bertz CT molecular complexity index is 769. The van der Waals surface area contributed by atoms with Crippen molar-refractivity contribution < 1.29 is 5.11 Å². The van der Waals surface area contributed by atoms with E-state index >= 15 is 0 Å². The van der Waals surface area contributed by atoms with Gasteiger partial charge in [-0.25, -0.2) is 4.98 Å². The van der Waals surface area contributed by atoms with Crippen LogP contribution in [0.1, 0.15) is 38.8 Å². The second-order valence-corrected chi connectivity index (χ2v) is 9.06. The van der Waals surface area contributed by atoms with E-state index in [1.165, 1.54) is 31.6 Å². The van der Waals surface area contributed by atoms with Crippen molar-refractivity contribution in [1.82, 2.24) is 24.3 Å². The molecule has 1 atom stereocenters. The third-order valence-corrected chi connectivity index (χ3v) is 6.89. The van der Waals surface area contributed by atoms with Crippen molar-refractivity contribution in [3.8, 4) is 5.82 Å². The number of likely N-dealkylation sites (tertiary alicyclic amines) is 1. The van der Waals surface area contributed by atoms with Crippen LogP contribution in [0, 0.1) is 0 Å². The zero-order chi connectivity index (χ0) is 20.9. The largest absolute Gasteiger partial charge is 0.396 e. The van der Waals surface area contributed by atoms with Gasteiger partial charge in [0.15, 0.2) is 0 Å². The van der Waals surface area contributed by atoms with Crippen LogP contribution < -0.4 is 0 Å². The van der Waals surface area contributed by atoms with E-state index in [4.69, 9.17) is 0 Å². The van der Waals surface area contributed by atoms with Gasteiger partial charge in [0.2, 0.25) is 0 Å². The SMILES string of the molecule is CC(C)N1CCC(N2CCN(Cc3cccn3-c3ccccn3)CC2CCO)CC1. The summed E-state index contributed by atoms with van der Waals surface area (Å²) in [5.41, 5.74) is 1.27.